The first-order valence-corrected chi connectivity index (χ1v) is 8.06. The number of likely N-dealkylation sites (tertiary alicyclic amines) is 1. The van der Waals surface area contributed by atoms with Crippen LogP contribution >= 0.6 is 11.3 Å². The number of halogens is 1. The molecule has 110 valence electrons. The summed E-state index contributed by atoms with van der Waals surface area (Å²) in [5.41, 5.74) is 0.879. The summed E-state index contributed by atoms with van der Waals surface area (Å²) in [4.78, 5) is 18.6. The van der Waals surface area contributed by atoms with Crippen LogP contribution < -0.4 is 0 Å². The van der Waals surface area contributed by atoms with Crippen LogP contribution in [-0.2, 0) is 0 Å². The van der Waals surface area contributed by atoms with E-state index in [4.69, 9.17) is 0 Å². The lowest BCUT2D eigenvalue weighted by Gasteiger charge is -2.14. The van der Waals surface area contributed by atoms with Crippen molar-refractivity contribution in [1.29, 1.82) is 0 Å². The number of carbonyl (C=O) groups excluding carboxylic acids is 1. The second-order valence-corrected chi connectivity index (χ2v) is 6.19. The first-order valence-electron chi connectivity index (χ1n) is 7.18. The number of thiazole rings is 1. The molecule has 1 unspecified atom stereocenters. The molecule has 21 heavy (non-hydrogen) atoms. The molecule has 2 aromatic rings. The fraction of sp³-hybridized carbons (Fsp3) is 0.375. The van der Waals surface area contributed by atoms with Gasteiger partial charge in [-0.15, -0.1) is 11.3 Å². The fourth-order valence-corrected chi connectivity index (χ4v) is 3.46. The smallest absolute Gasteiger partial charge is 0.273 e. The quantitative estimate of drug-likeness (QED) is 0.863. The Hall–Kier alpha value is -1.75. The van der Waals surface area contributed by atoms with Crippen molar-refractivity contribution in [3.05, 3.63) is 41.2 Å². The van der Waals surface area contributed by atoms with Gasteiger partial charge >= 0.3 is 0 Å². The lowest BCUT2D eigenvalue weighted by Crippen LogP contribution is -2.28. The summed E-state index contributed by atoms with van der Waals surface area (Å²) in [5, 5.41) is 2.28. The average molecular weight is 304 g/mol. The summed E-state index contributed by atoms with van der Waals surface area (Å²) in [6.45, 7) is 3.75. The number of carbonyl (C=O) groups is 1. The van der Waals surface area contributed by atoms with Gasteiger partial charge in [0.15, 0.2) is 0 Å². The SMILES string of the molecule is CCC1CCN(C(=O)c2csc(-c3ccccc3F)n2)C1. The highest BCUT2D eigenvalue weighted by atomic mass is 32.1. The molecule has 1 aromatic heterocycles. The molecule has 1 saturated heterocycles. The number of aromatic nitrogens is 1. The third-order valence-electron chi connectivity index (χ3n) is 3.98. The molecular formula is C16H17FN2OS. The van der Waals surface area contributed by atoms with E-state index < -0.39 is 0 Å². The molecule has 3 nitrogen and oxygen atoms in total. The van der Waals surface area contributed by atoms with Crippen LogP contribution in [0, 0.1) is 11.7 Å². The van der Waals surface area contributed by atoms with Gasteiger partial charge in [0.2, 0.25) is 0 Å². The van der Waals surface area contributed by atoms with Crippen LogP contribution in [0.3, 0.4) is 0 Å². The van der Waals surface area contributed by atoms with Gasteiger partial charge in [-0.1, -0.05) is 25.5 Å². The molecule has 3 rings (SSSR count). The predicted octanol–water partition coefficient (Wildman–Crippen LogP) is 3.82. The van der Waals surface area contributed by atoms with Crippen molar-refractivity contribution in [2.24, 2.45) is 5.92 Å². The first kappa shape index (κ1) is 14.2. The summed E-state index contributed by atoms with van der Waals surface area (Å²) in [6.07, 6.45) is 2.16. The molecule has 2 heterocycles. The van der Waals surface area contributed by atoms with Gasteiger partial charge in [-0.25, -0.2) is 9.37 Å². The van der Waals surface area contributed by atoms with Crippen molar-refractivity contribution in [2.75, 3.05) is 13.1 Å². The normalized spacial score (nSPS) is 18.2. The number of hydrogen-bond acceptors (Lipinski definition) is 3. The monoisotopic (exact) mass is 304 g/mol. The van der Waals surface area contributed by atoms with E-state index in [1.807, 2.05) is 4.90 Å². The van der Waals surface area contributed by atoms with Crippen LogP contribution in [0.1, 0.15) is 30.3 Å². The number of benzene rings is 1. The van der Waals surface area contributed by atoms with Crippen molar-refractivity contribution >= 4 is 17.2 Å². The Labute approximate surface area is 127 Å². The van der Waals surface area contributed by atoms with E-state index in [1.54, 1.807) is 23.6 Å². The molecule has 1 amide bonds. The molecule has 1 atom stereocenters. The second kappa shape index (κ2) is 5.93. The van der Waals surface area contributed by atoms with Crippen molar-refractivity contribution in [2.45, 2.75) is 19.8 Å². The maximum Gasteiger partial charge on any atom is 0.273 e. The topological polar surface area (TPSA) is 33.2 Å². The third kappa shape index (κ3) is 2.83. The predicted molar refractivity (Wildman–Crippen MR) is 81.8 cm³/mol. The van der Waals surface area contributed by atoms with E-state index >= 15 is 0 Å². The van der Waals surface area contributed by atoms with Gasteiger partial charge in [0, 0.05) is 24.0 Å². The number of nitrogens with zero attached hydrogens (tertiary/aromatic N) is 2. The number of rotatable bonds is 3. The average Bonchev–Trinajstić information content (AvgIpc) is 3.16. The molecule has 1 aromatic carbocycles. The van der Waals surface area contributed by atoms with E-state index in [9.17, 15) is 9.18 Å². The Morgan fingerprint density at radius 2 is 2.29 bits per heavy atom. The van der Waals surface area contributed by atoms with Crippen LogP contribution in [0.15, 0.2) is 29.6 Å². The largest absolute Gasteiger partial charge is 0.337 e. The van der Waals surface area contributed by atoms with Gasteiger partial charge in [0.1, 0.15) is 16.5 Å². The van der Waals surface area contributed by atoms with E-state index in [1.165, 1.54) is 17.4 Å². The van der Waals surface area contributed by atoms with E-state index in [2.05, 4.69) is 11.9 Å². The standard InChI is InChI=1S/C16H17FN2OS/c1-2-11-7-8-19(9-11)16(20)14-10-21-15(18-14)12-5-3-4-6-13(12)17/h3-6,10-11H,2,7-9H2,1H3. The Bertz CT molecular complexity index is 655. The molecule has 0 aliphatic carbocycles. The van der Waals surface area contributed by atoms with Gasteiger partial charge in [0.05, 0.1) is 0 Å². The van der Waals surface area contributed by atoms with Crippen molar-refractivity contribution in [3.8, 4) is 10.6 Å². The van der Waals surface area contributed by atoms with Crippen molar-refractivity contribution in [1.82, 2.24) is 9.88 Å². The minimum Gasteiger partial charge on any atom is -0.337 e. The molecule has 0 spiro atoms. The van der Waals surface area contributed by atoms with Gasteiger partial charge < -0.3 is 4.90 Å². The minimum absolute atomic E-state index is 0.0372. The van der Waals surface area contributed by atoms with Gasteiger partial charge in [0.25, 0.3) is 5.91 Å². The maximum atomic E-state index is 13.8. The minimum atomic E-state index is -0.307. The Kier molecular flexibility index (Phi) is 4.01. The van der Waals surface area contributed by atoms with Crippen molar-refractivity contribution < 1.29 is 9.18 Å². The first-order chi connectivity index (χ1) is 10.2. The molecular weight excluding hydrogens is 287 g/mol. The summed E-state index contributed by atoms with van der Waals surface area (Å²) < 4.78 is 13.8. The van der Waals surface area contributed by atoms with Crippen LogP contribution in [-0.4, -0.2) is 28.9 Å². The molecule has 1 aliphatic heterocycles. The van der Waals surface area contributed by atoms with Crippen LogP contribution in [0.2, 0.25) is 0 Å². The lowest BCUT2D eigenvalue weighted by atomic mass is 10.1. The molecule has 1 fully saturated rings. The second-order valence-electron chi connectivity index (χ2n) is 5.33. The molecule has 0 bridgehead atoms. The van der Waals surface area contributed by atoms with Crippen LogP contribution in [0.4, 0.5) is 4.39 Å². The molecule has 0 radical (unpaired) electrons. The molecule has 5 heteroatoms. The van der Waals surface area contributed by atoms with Gasteiger partial charge in [-0.3, -0.25) is 4.79 Å². The molecule has 1 aliphatic rings. The Balaban J connectivity index is 1.79. The summed E-state index contributed by atoms with van der Waals surface area (Å²) in [5.74, 6) is 0.251. The fourth-order valence-electron chi connectivity index (χ4n) is 2.64. The zero-order chi connectivity index (χ0) is 14.8. The van der Waals surface area contributed by atoms with Crippen LogP contribution in [0.25, 0.3) is 10.6 Å². The van der Waals surface area contributed by atoms with Crippen LogP contribution in [0.5, 0.6) is 0 Å². The highest BCUT2D eigenvalue weighted by molar-refractivity contribution is 7.13. The third-order valence-corrected chi connectivity index (χ3v) is 4.85. The van der Waals surface area contributed by atoms with Crippen molar-refractivity contribution in [3.63, 3.8) is 0 Å². The highest BCUT2D eigenvalue weighted by Gasteiger charge is 2.27. The zero-order valence-corrected chi connectivity index (χ0v) is 12.7. The van der Waals surface area contributed by atoms with Gasteiger partial charge in [-0.05, 0) is 24.5 Å². The molecule has 0 saturated carbocycles. The summed E-state index contributed by atoms with van der Waals surface area (Å²) >= 11 is 1.31. The van der Waals surface area contributed by atoms with E-state index in [0.717, 1.165) is 25.9 Å². The van der Waals surface area contributed by atoms with Gasteiger partial charge in [-0.2, -0.15) is 0 Å². The lowest BCUT2D eigenvalue weighted by molar-refractivity contribution is 0.0782. The molecule has 0 N–H and O–H groups in total. The van der Waals surface area contributed by atoms with E-state index in [0.29, 0.717) is 22.2 Å². The van der Waals surface area contributed by atoms with E-state index in [-0.39, 0.29) is 11.7 Å². The number of amides is 1. The summed E-state index contributed by atoms with van der Waals surface area (Å²) in [7, 11) is 0. The number of hydrogen-bond donors (Lipinski definition) is 0. The highest BCUT2D eigenvalue weighted by Crippen LogP contribution is 2.27. The maximum absolute atomic E-state index is 13.8. The summed E-state index contributed by atoms with van der Waals surface area (Å²) in [6, 6.07) is 6.51. The zero-order valence-electron chi connectivity index (χ0n) is 11.9. The Morgan fingerprint density at radius 1 is 1.48 bits per heavy atom. The Morgan fingerprint density at radius 3 is 3.00 bits per heavy atom.